The lowest BCUT2D eigenvalue weighted by Gasteiger charge is -2.07. The van der Waals surface area contributed by atoms with Crippen molar-refractivity contribution in [2.24, 2.45) is 0 Å². The van der Waals surface area contributed by atoms with Crippen LogP contribution < -0.4 is 5.32 Å². The van der Waals surface area contributed by atoms with Crippen molar-refractivity contribution in [3.8, 4) is 6.07 Å². The molecule has 3 nitrogen and oxygen atoms in total. The Labute approximate surface area is 108 Å². The SMILES string of the molecule is N#Cc1ccc(NCc2ccccc2Br)nc1. The van der Waals surface area contributed by atoms with Crippen LogP contribution in [0, 0.1) is 11.3 Å². The third-order valence-electron chi connectivity index (χ3n) is 2.31. The minimum Gasteiger partial charge on any atom is -0.366 e. The zero-order valence-electron chi connectivity index (χ0n) is 9.02. The van der Waals surface area contributed by atoms with E-state index in [9.17, 15) is 0 Å². The number of hydrogen-bond acceptors (Lipinski definition) is 3. The number of nitrogens with zero attached hydrogens (tertiary/aromatic N) is 2. The molecule has 17 heavy (non-hydrogen) atoms. The molecular weight excluding hydrogens is 278 g/mol. The normalized spacial score (nSPS) is 9.65. The van der Waals surface area contributed by atoms with E-state index in [0.717, 1.165) is 10.3 Å². The molecule has 1 heterocycles. The Balaban J connectivity index is 2.03. The second-order valence-electron chi connectivity index (χ2n) is 3.49. The van der Waals surface area contributed by atoms with Gasteiger partial charge in [0.1, 0.15) is 11.9 Å². The van der Waals surface area contributed by atoms with E-state index in [-0.39, 0.29) is 0 Å². The lowest BCUT2D eigenvalue weighted by atomic mass is 10.2. The van der Waals surface area contributed by atoms with Gasteiger partial charge in [-0.25, -0.2) is 4.98 Å². The lowest BCUT2D eigenvalue weighted by Crippen LogP contribution is -2.01. The molecule has 4 heteroatoms. The minimum atomic E-state index is 0.566. The summed E-state index contributed by atoms with van der Waals surface area (Å²) in [6.45, 7) is 0.695. The highest BCUT2D eigenvalue weighted by molar-refractivity contribution is 9.10. The molecule has 0 unspecified atom stereocenters. The first-order chi connectivity index (χ1) is 8.29. The van der Waals surface area contributed by atoms with E-state index in [4.69, 9.17) is 5.26 Å². The van der Waals surface area contributed by atoms with Gasteiger partial charge in [-0.2, -0.15) is 5.26 Å². The molecule has 2 rings (SSSR count). The molecule has 0 aliphatic heterocycles. The van der Waals surface area contributed by atoms with Crippen molar-refractivity contribution in [2.45, 2.75) is 6.54 Å². The van der Waals surface area contributed by atoms with E-state index in [1.54, 1.807) is 18.3 Å². The molecule has 0 aliphatic carbocycles. The van der Waals surface area contributed by atoms with E-state index in [1.807, 2.05) is 30.3 Å². The predicted molar refractivity (Wildman–Crippen MR) is 70.4 cm³/mol. The number of aromatic nitrogens is 1. The van der Waals surface area contributed by atoms with Gasteiger partial charge in [-0.05, 0) is 23.8 Å². The molecule has 0 aliphatic rings. The van der Waals surface area contributed by atoms with Crippen molar-refractivity contribution >= 4 is 21.7 Å². The van der Waals surface area contributed by atoms with Crippen LogP contribution in [0.15, 0.2) is 47.1 Å². The summed E-state index contributed by atoms with van der Waals surface area (Å²) in [5.41, 5.74) is 1.73. The van der Waals surface area contributed by atoms with Crippen LogP contribution in [-0.4, -0.2) is 4.98 Å². The number of anilines is 1. The fourth-order valence-corrected chi connectivity index (χ4v) is 1.82. The smallest absolute Gasteiger partial charge is 0.126 e. The van der Waals surface area contributed by atoms with Gasteiger partial charge in [-0.3, -0.25) is 0 Å². The van der Waals surface area contributed by atoms with Crippen molar-refractivity contribution in [1.82, 2.24) is 4.98 Å². The molecule has 0 saturated carbocycles. The van der Waals surface area contributed by atoms with Crippen molar-refractivity contribution in [3.05, 3.63) is 58.2 Å². The van der Waals surface area contributed by atoms with Crippen molar-refractivity contribution in [1.29, 1.82) is 5.26 Å². The molecule has 0 atom stereocenters. The van der Waals surface area contributed by atoms with E-state index in [2.05, 4.69) is 26.2 Å². The molecular formula is C13H10BrN3. The van der Waals surface area contributed by atoms with Gasteiger partial charge in [-0.15, -0.1) is 0 Å². The van der Waals surface area contributed by atoms with Gasteiger partial charge in [0.15, 0.2) is 0 Å². The Morgan fingerprint density at radius 1 is 1.24 bits per heavy atom. The monoisotopic (exact) mass is 287 g/mol. The summed E-state index contributed by atoms with van der Waals surface area (Å²) in [6.07, 6.45) is 1.56. The van der Waals surface area contributed by atoms with E-state index in [1.165, 1.54) is 5.56 Å². The summed E-state index contributed by atoms with van der Waals surface area (Å²) in [5.74, 6) is 0.764. The van der Waals surface area contributed by atoms with Crippen molar-refractivity contribution < 1.29 is 0 Å². The van der Waals surface area contributed by atoms with Gasteiger partial charge in [-0.1, -0.05) is 34.1 Å². The number of hydrogen-bond donors (Lipinski definition) is 1. The molecule has 0 bridgehead atoms. The largest absolute Gasteiger partial charge is 0.366 e. The number of pyridine rings is 1. The summed E-state index contributed by atoms with van der Waals surface area (Å²) in [7, 11) is 0. The summed E-state index contributed by atoms with van der Waals surface area (Å²) in [6, 6.07) is 13.6. The Morgan fingerprint density at radius 3 is 2.71 bits per heavy atom. The van der Waals surface area contributed by atoms with Crippen LogP contribution >= 0.6 is 15.9 Å². The first-order valence-corrected chi connectivity index (χ1v) is 5.92. The van der Waals surface area contributed by atoms with Gasteiger partial charge in [0.25, 0.3) is 0 Å². The highest BCUT2D eigenvalue weighted by Gasteiger charge is 1.99. The molecule has 0 spiro atoms. The van der Waals surface area contributed by atoms with Gasteiger partial charge in [0, 0.05) is 17.2 Å². The first-order valence-electron chi connectivity index (χ1n) is 5.13. The third-order valence-corrected chi connectivity index (χ3v) is 3.08. The maximum absolute atomic E-state index is 8.66. The standard InChI is InChI=1S/C13H10BrN3/c14-12-4-2-1-3-11(12)9-17-13-6-5-10(7-15)8-16-13/h1-6,8H,9H2,(H,16,17). The fraction of sp³-hybridized carbons (Fsp3) is 0.0769. The number of benzene rings is 1. The Hall–Kier alpha value is -1.86. The van der Waals surface area contributed by atoms with Crippen LogP contribution in [-0.2, 0) is 6.54 Å². The third kappa shape index (κ3) is 3.05. The summed E-state index contributed by atoms with van der Waals surface area (Å²) >= 11 is 3.49. The Bertz CT molecular complexity index is 543. The quantitative estimate of drug-likeness (QED) is 0.942. The second-order valence-corrected chi connectivity index (χ2v) is 4.34. The molecule has 2 aromatic rings. The average molecular weight is 288 g/mol. The first kappa shape index (κ1) is 11.6. The molecule has 1 N–H and O–H groups in total. The maximum atomic E-state index is 8.66. The fourth-order valence-electron chi connectivity index (χ4n) is 1.39. The van der Waals surface area contributed by atoms with Crippen LogP contribution in [0.25, 0.3) is 0 Å². The molecule has 1 aromatic carbocycles. The molecule has 0 fully saturated rings. The topological polar surface area (TPSA) is 48.7 Å². The highest BCUT2D eigenvalue weighted by atomic mass is 79.9. The average Bonchev–Trinajstić information content (AvgIpc) is 2.38. The van der Waals surface area contributed by atoms with Gasteiger partial charge < -0.3 is 5.32 Å². The Kier molecular flexibility index (Phi) is 3.73. The molecule has 0 amide bonds. The summed E-state index contributed by atoms with van der Waals surface area (Å²) in [4.78, 5) is 4.15. The van der Waals surface area contributed by atoms with Crippen LogP contribution in [0.3, 0.4) is 0 Å². The van der Waals surface area contributed by atoms with E-state index in [0.29, 0.717) is 12.1 Å². The second kappa shape index (κ2) is 5.46. The predicted octanol–water partition coefficient (Wildman–Crippen LogP) is 3.33. The zero-order chi connectivity index (χ0) is 12.1. The van der Waals surface area contributed by atoms with Crippen molar-refractivity contribution in [3.63, 3.8) is 0 Å². The van der Waals surface area contributed by atoms with Crippen molar-refractivity contribution in [2.75, 3.05) is 5.32 Å². The van der Waals surface area contributed by atoms with E-state index >= 15 is 0 Å². The summed E-state index contributed by atoms with van der Waals surface area (Å²) in [5, 5.41) is 11.9. The van der Waals surface area contributed by atoms with Gasteiger partial charge in [0.2, 0.25) is 0 Å². The summed E-state index contributed by atoms with van der Waals surface area (Å²) < 4.78 is 1.07. The number of nitriles is 1. The zero-order valence-corrected chi connectivity index (χ0v) is 10.6. The molecule has 0 saturated heterocycles. The molecule has 84 valence electrons. The molecule has 0 radical (unpaired) electrons. The highest BCUT2D eigenvalue weighted by Crippen LogP contribution is 2.17. The van der Waals surface area contributed by atoms with Gasteiger partial charge in [0.05, 0.1) is 5.56 Å². The van der Waals surface area contributed by atoms with Crippen LogP contribution in [0.2, 0.25) is 0 Å². The van der Waals surface area contributed by atoms with Crippen LogP contribution in [0.4, 0.5) is 5.82 Å². The van der Waals surface area contributed by atoms with Crippen LogP contribution in [0.1, 0.15) is 11.1 Å². The molecule has 1 aromatic heterocycles. The Morgan fingerprint density at radius 2 is 2.06 bits per heavy atom. The minimum absolute atomic E-state index is 0.566. The van der Waals surface area contributed by atoms with Crippen LogP contribution in [0.5, 0.6) is 0 Å². The van der Waals surface area contributed by atoms with E-state index < -0.39 is 0 Å². The number of halogens is 1. The maximum Gasteiger partial charge on any atom is 0.126 e. The number of nitrogens with one attached hydrogen (secondary N) is 1. The lowest BCUT2D eigenvalue weighted by molar-refractivity contribution is 1.10. The van der Waals surface area contributed by atoms with Gasteiger partial charge >= 0.3 is 0 Å². The number of rotatable bonds is 3.